The predicted octanol–water partition coefficient (Wildman–Crippen LogP) is 6.53. The zero-order valence-corrected chi connectivity index (χ0v) is 22.1. The number of benzene rings is 2. The van der Waals surface area contributed by atoms with Crippen molar-refractivity contribution in [3.8, 4) is 0 Å². The van der Waals surface area contributed by atoms with Crippen LogP contribution in [0.2, 0.25) is 10.0 Å². The Kier molecular flexibility index (Phi) is 11.1. The third-order valence-corrected chi connectivity index (χ3v) is 8.03. The average molecular weight is 522 g/mol. The minimum absolute atomic E-state index is 0.00774. The van der Waals surface area contributed by atoms with E-state index in [-0.39, 0.29) is 17.9 Å². The summed E-state index contributed by atoms with van der Waals surface area (Å²) in [6.07, 6.45) is 6.92. The van der Waals surface area contributed by atoms with Crippen molar-refractivity contribution in [2.75, 3.05) is 12.3 Å². The maximum Gasteiger partial charge on any atom is 0.243 e. The second kappa shape index (κ2) is 14.0. The second-order valence-electron chi connectivity index (χ2n) is 8.83. The number of carbonyl (C=O) groups excluding carboxylic acids is 2. The van der Waals surface area contributed by atoms with E-state index in [2.05, 4.69) is 17.4 Å². The Labute approximate surface area is 217 Å². The smallest absolute Gasteiger partial charge is 0.243 e. The van der Waals surface area contributed by atoms with Crippen molar-refractivity contribution in [1.29, 1.82) is 0 Å². The van der Waals surface area contributed by atoms with Crippen molar-refractivity contribution < 1.29 is 9.59 Å². The van der Waals surface area contributed by atoms with Crippen LogP contribution in [0.25, 0.3) is 0 Å². The highest BCUT2D eigenvalue weighted by Gasteiger charge is 2.29. The maximum atomic E-state index is 13.4. The van der Waals surface area contributed by atoms with Crippen molar-refractivity contribution in [3.63, 3.8) is 0 Å². The molecule has 7 heteroatoms. The molecule has 2 aromatic carbocycles. The Morgan fingerprint density at radius 2 is 1.76 bits per heavy atom. The maximum absolute atomic E-state index is 13.4. The molecule has 1 atom stereocenters. The molecule has 1 aliphatic rings. The van der Waals surface area contributed by atoms with E-state index in [1.165, 1.54) is 18.2 Å². The summed E-state index contributed by atoms with van der Waals surface area (Å²) in [6.45, 7) is 2.50. The van der Waals surface area contributed by atoms with E-state index in [9.17, 15) is 9.59 Å². The largest absolute Gasteiger partial charge is 0.352 e. The normalized spacial score (nSPS) is 15.0. The topological polar surface area (TPSA) is 49.4 Å². The van der Waals surface area contributed by atoms with Crippen molar-refractivity contribution >= 4 is 46.8 Å². The number of hydrogen-bond donors (Lipinski definition) is 1. The first-order chi connectivity index (χ1) is 16.5. The lowest BCUT2D eigenvalue weighted by Crippen LogP contribution is -2.52. The Morgan fingerprint density at radius 1 is 1.03 bits per heavy atom. The third-order valence-electron chi connectivity index (χ3n) is 6.30. The van der Waals surface area contributed by atoms with Gasteiger partial charge in [0.1, 0.15) is 6.04 Å². The van der Waals surface area contributed by atoms with Gasteiger partial charge in [0.05, 0.1) is 15.8 Å². The van der Waals surface area contributed by atoms with Gasteiger partial charge in [-0.1, -0.05) is 85.8 Å². The predicted molar refractivity (Wildman–Crippen MR) is 144 cm³/mol. The summed E-state index contributed by atoms with van der Waals surface area (Å²) in [4.78, 5) is 28.4. The Balaban J connectivity index is 1.65. The summed E-state index contributed by atoms with van der Waals surface area (Å²) in [5.74, 6) is 0.930. The molecule has 0 spiro atoms. The number of halogens is 2. The van der Waals surface area contributed by atoms with Gasteiger partial charge in [0.2, 0.25) is 11.8 Å². The first kappa shape index (κ1) is 26.9. The molecule has 184 valence electrons. The van der Waals surface area contributed by atoms with Gasteiger partial charge < -0.3 is 10.2 Å². The number of carbonyl (C=O) groups is 2. The summed E-state index contributed by atoms with van der Waals surface area (Å²) in [7, 11) is 0. The molecule has 1 fully saturated rings. The Bertz CT molecular complexity index is 935. The molecule has 3 rings (SSSR count). The molecule has 0 radical (unpaired) electrons. The number of nitrogens with zero attached hydrogens (tertiary/aromatic N) is 1. The molecule has 1 aliphatic carbocycles. The van der Waals surface area contributed by atoms with Crippen LogP contribution < -0.4 is 5.32 Å². The zero-order valence-electron chi connectivity index (χ0n) is 19.8. The Hall–Kier alpha value is -1.69. The van der Waals surface area contributed by atoms with E-state index < -0.39 is 6.04 Å². The van der Waals surface area contributed by atoms with Gasteiger partial charge in [-0.3, -0.25) is 9.59 Å². The van der Waals surface area contributed by atoms with E-state index in [0.29, 0.717) is 34.5 Å². The van der Waals surface area contributed by atoms with Gasteiger partial charge in [-0.2, -0.15) is 0 Å². The molecule has 2 aromatic rings. The quantitative estimate of drug-likeness (QED) is 0.366. The second-order valence-corrected chi connectivity index (χ2v) is 10.6. The minimum atomic E-state index is -0.455. The molecule has 0 saturated heterocycles. The molecule has 2 amide bonds. The molecule has 34 heavy (non-hydrogen) atoms. The van der Waals surface area contributed by atoms with Crippen LogP contribution in [0.4, 0.5) is 0 Å². The number of hydrogen-bond acceptors (Lipinski definition) is 3. The summed E-state index contributed by atoms with van der Waals surface area (Å²) < 4.78 is 0. The van der Waals surface area contributed by atoms with E-state index in [1.807, 2.05) is 37.3 Å². The fourth-order valence-corrected chi connectivity index (χ4v) is 5.59. The zero-order chi connectivity index (χ0) is 24.3. The number of amides is 2. The highest BCUT2D eigenvalue weighted by atomic mass is 35.5. The van der Waals surface area contributed by atoms with Crippen molar-refractivity contribution in [3.05, 3.63) is 69.7 Å². The van der Waals surface area contributed by atoms with Crippen LogP contribution in [0, 0.1) is 0 Å². The van der Waals surface area contributed by atoms with Gasteiger partial charge in [-0.25, -0.2) is 0 Å². The van der Waals surface area contributed by atoms with Crippen LogP contribution in [-0.4, -0.2) is 41.1 Å². The van der Waals surface area contributed by atoms with Crippen LogP contribution in [0.1, 0.15) is 56.6 Å². The summed E-state index contributed by atoms with van der Waals surface area (Å²) >= 11 is 13.7. The van der Waals surface area contributed by atoms with Crippen molar-refractivity contribution in [2.24, 2.45) is 0 Å². The van der Waals surface area contributed by atoms with Crippen LogP contribution in [-0.2, 0) is 21.8 Å². The first-order valence-electron chi connectivity index (χ1n) is 12.1. The van der Waals surface area contributed by atoms with E-state index in [4.69, 9.17) is 23.2 Å². The van der Waals surface area contributed by atoms with E-state index in [0.717, 1.165) is 43.2 Å². The molecule has 1 saturated carbocycles. The number of nitrogens with one attached hydrogen (secondary N) is 1. The summed E-state index contributed by atoms with van der Waals surface area (Å²) in [6, 6.07) is 15.4. The van der Waals surface area contributed by atoms with Gasteiger partial charge in [0.15, 0.2) is 0 Å². The van der Waals surface area contributed by atoms with Gasteiger partial charge >= 0.3 is 0 Å². The molecule has 0 unspecified atom stereocenters. The van der Waals surface area contributed by atoms with Gasteiger partial charge in [0, 0.05) is 18.3 Å². The third kappa shape index (κ3) is 8.21. The molecule has 0 aromatic heterocycles. The summed E-state index contributed by atoms with van der Waals surface area (Å²) in [5, 5.41) is 4.27. The van der Waals surface area contributed by atoms with Gasteiger partial charge in [0.25, 0.3) is 0 Å². The first-order valence-corrected chi connectivity index (χ1v) is 14.0. The van der Waals surface area contributed by atoms with Crippen molar-refractivity contribution in [1.82, 2.24) is 10.2 Å². The fraction of sp³-hybridized carbons (Fsp3) is 0.481. The molecule has 0 heterocycles. The fourth-order valence-electron chi connectivity index (χ4n) is 4.41. The monoisotopic (exact) mass is 520 g/mol. The van der Waals surface area contributed by atoms with Gasteiger partial charge in [-0.05, 0) is 48.9 Å². The Morgan fingerprint density at radius 3 is 2.44 bits per heavy atom. The lowest BCUT2D eigenvalue weighted by Gasteiger charge is -2.32. The molecule has 0 bridgehead atoms. The molecular formula is C27H34Cl2N2O2S. The minimum Gasteiger partial charge on any atom is -0.352 e. The SMILES string of the molecule is CC[C@@H](C(=O)NC1CCCCC1)N(CCc1ccccc1)C(=O)CSCc1ccc(Cl)c(Cl)c1. The number of thioether (sulfide) groups is 1. The number of rotatable bonds is 11. The van der Waals surface area contributed by atoms with Crippen LogP contribution in [0.5, 0.6) is 0 Å². The average Bonchev–Trinajstić information content (AvgIpc) is 2.85. The van der Waals surface area contributed by atoms with Crippen molar-refractivity contribution in [2.45, 2.75) is 69.7 Å². The van der Waals surface area contributed by atoms with Crippen LogP contribution in [0.3, 0.4) is 0 Å². The lowest BCUT2D eigenvalue weighted by molar-refractivity contribution is -0.139. The van der Waals surface area contributed by atoms with E-state index >= 15 is 0 Å². The van der Waals surface area contributed by atoms with Crippen LogP contribution in [0.15, 0.2) is 48.5 Å². The molecular weight excluding hydrogens is 487 g/mol. The molecule has 1 N–H and O–H groups in total. The van der Waals surface area contributed by atoms with E-state index in [1.54, 1.807) is 11.0 Å². The molecule has 0 aliphatic heterocycles. The highest BCUT2D eigenvalue weighted by Crippen LogP contribution is 2.25. The molecule has 4 nitrogen and oxygen atoms in total. The summed E-state index contributed by atoms with van der Waals surface area (Å²) in [5.41, 5.74) is 2.18. The van der Waals surface area contributed by atoms with Gasteiger partial charge in [-0.15, -0.1) is 11.8 Å². The lowest BCUT2D eigenvalue weighted by atomic mass is 9.95. The standard InChI is InChI=1S/C27H34Cl2N2O2S/c1-2-25(27(33)30-22-11-7-4-8-12-22)31(16-15-20-9-5-3-6-10-20)26(32)19-34-18-21-13-14-23(28)24(29)17-21/h3,5-6,9-10,13-14,17,22,25H,2,4,7-8,11-12,15-16,18-19H2,1H3,(H,30,33)/t25-/m0/s1. The highest BCUT2D eigenvalue weighted by molar-refractivity contribution is 7.99. The van der Waals surface area contributed by atoms with Crippen LogP contribution >= 0.6 is 35.0 Å².